The molecule has 1 heterocycles. The maximum absolute atomic E-state index is 2.37. The number of benzene rings is 9. The molecule has 0 radical (unpaired) electrons. The Hall–Kier alpha value is -5.76. The van der Waals surface area contributed by atoms with E-state index in [-0.39, 0.29) is 0 Å². The van der Waals surface area contributed by atoms with Gasteiger partial charge >= 0.3 is 0 Å². The van der Waals surface area contributed by atoms with Crippen molar-refractivity contribution < 1.29 is 0 Å². The molecule has 0 aliphatic heterocycles. The summed E-state index contributed by atoms with van der Waals surface area (Å²) in [5, 5.41) is 12.9. The van der Waals surface area contributed by atoms with Crippen LogP contribution in [0.25, 0.3) is 96.6 Å². The first-order valence-electron chi connectivity index (χ1n) is 16.2. The van der Waals surface area contributed by atoms with Crippen LogP contribution in [0.1, 0.15) is 0 Å². The summed E-state index contributed by atoms with van der Waals surface area (Å²) in [6.07, 6.45) is 0. The lowest BCUT2D eigenvalue weighted by Gasteiger charge is -2.18. The third-order valence-electron chi connectivity index (χ3n) is 9.85. The van der Waals surface area contributed by atoms with Gasteiger partial charge in [-0.05, 0) is 94.7 Å². The number of rotatable bonds is 3. The lowest BCUT2D eigenvalue weighted by molar-refractivity contribution is 1.64. The third kappa shape index (κ3) is 4.14. The molecule has 0 N–H and O–H groups in total. The van der Waals surface area contributed by atoms with E-state index in [9.17, 15) is 0 Å². The van der Waals surface area contributed by atoms with E-state index in [1.54, 1.807) is 0 Å². The Morgan fingerprint density at radius 1 is 0.255 bits per heavy atom. The molecule has 0 atom stereocenters. The molecule has 218 valence electrons. The van der Waals surface area contributed by atoms with E-state index in [1.807, 2.05) is 11.3 Å². The molecule has 9 aromatic carbocycles. The normalized spacial score (nSPS) is 11.8. The number of fused-ring (bicyclic) bond motifs is 8. The van der Waals surface area contributed by atoms with Crippen molar-refractivity contribution in [3.8, 4) is 33.4 Å². The van der Waals surface area contributed by atoms with Crippen LogP contribution >= 0.6 is 11.3 Å². The highest BCUT2D eigenvalue weighted by Gasteiger charge is 2.17. The summed E-state index contributed by atoms with van der Waals surface area (Å²) in [5.74, 6) is 0. The molecule has 0 aliphatic rings. The number of thiophene rings is 1. The van der Waals surface area contributed by atoms with Gasteiger partial charge in [0.2, 0.25) is 0 Å². The van der Waals surface area contributed by atoms with Gasteiger partial charge in [-0.15, -0.1) is 11.3 Å². The molecule has 10 aromatic rings. The van der Waals surface area contributed by atoms with E-state index >= 15 is 0 Å². The summed E-state index contributed by atoms with van der Waals surface area (Å²) < 4.78 is 2.68. The van der Waals surface area contributed by atoms with Crippen molar-refractivity contribution in [1.82, 2.24) is 0 Å². The van der Waals surface area contributed by atoms with Crippen molar-refractivity contribution in [3.63, 3.8) is 0 Å². The molecule has 1 heteroatoms. The Balaban J connectivity index is 1.14. The largest absolute Gasteiger partial charge is 0.135 e. The summed E-state index contributed by atoms with van der Waals surface area (Å²) in [4.78, 5) is 0. The highest BCUT2D eigenvalue weighted by atomic mass is 32.1. The first-order chi connectivity index (χ1) is 23.3. The number of hydrogen-bond donors (Lipinski definition) is 0. The van der Waals surface area contributed by atoms with Gasteiger partial charge in [0.05, 0.1) is 0 Å². The van der Waals surface area contributed by atoms with Crippen LogP contribution in [0.2, 0.25) is 0 Å². The van der Waals surface area contributed by atoms with Crippen molar-refractivity contribution in [2.45, 2.75) is 0 Å². The molecule has 0 nitrogen and oxygen atoms in total. The zero-order valence-electron chi connectivity index (χ0n) is 25.6. The Kier molecular flexibility index (Phi) is 5.85. The molecule has 0 spiro atoms. The smallest absolute Gasteiger partial charge is 0.0361 e. The van der Waals surface area contributed by atoms with Crippen molar-refractivity contribution in [3.05, 3.63) is 170 Å². The topological polar surface area (TPSA) is 0 Å². The molecule has 0 saturated carbocycles. The fourth-order valence-corrected chi connectivity index (χ4v) is 8.80. The van der Waals surface area contributed by atoms with Gasteiger partial charge in [-0.1, -0.05) is 152 Å². The minimum Gasteiger partial charge on any atom is -0.135 e. The predicted octanol–water partition coefficient (Wildman–Crippen LogP) is 13.7. The standard InChI is InChI=1S/C46H28S/c1-2-10-35-30(9-1)19-22-33-27-34(24-25-36(33)35)46-41-14-5-3-12-39(41)45(40-13-4-6-15-42(40)46)31-20-17-29(18-21-31)32-23-26-38-37-11-7-8-16-43(37)47-44(38)28-32/h1-28H. The molecular formula is C46H28S. The molecule has 0 saturated heterocycles. The lowest BCUT2D eigenvalue weighted by atomic mass is 9.85. The van der Waals surface area contributed by atoms with Gasteiger partial charge in [0.1, 0.15) is 0 Å². The van der Waals surface area contributed by atoms with Crippen LogP contribution in [0.3, 0.4) is 0 Å². The molecule has 1 aromatic heterocycles. The summed E-state index contributed by atoms with van der Waals surface area (Å²) in [6, 6.07) is 62.8. The summed E-state index contributed by atoms with van der Waals surface area (Å²) in [5.41, 5.74) is 7.56. The van der Waals surface area contributed by atoms with Crippen LogP contribution in [-0.2, 0) is 0 Å². The van der Waals surface area contributed by atoms with Gasteiger partial charge in [-0.2, -0.15) is 0 Å². The molecular weight excluding hydrogens is 585 g/mol. The molecule has 10 rings (SSSR count). The molecule has 0 unspecified atom stereocenters. The van der Waals surface area contributed by atoms with E-state index in [0.717, 1.165) is 0 Å². The third-order valence-corrected chi connectivity index (χ3v) is 11.0. The van der Waals surface area contributed by atoms with Gasteiger partial charge in [0.15, 0.2) is 0 Å². The van der Waals surface area contributed by atoms with Gasteiger partial charge in [0, 0.05) is 20.2 Å². The SMILES string of the molecule is c1ccc2c(c1)ccc1cc(-c3c4ccccc4c(-c4ccc(-c5ccc6c(c5)sc5ccccc56)cc4)c4ccccc34)ccc12. The second-order valence-electron chi connectivity index (χ2n) is 12.5. The average Bonchev–Trinajstić information content (AvgIpc) is 3.51. The van der Waals surface area contributed by atoms with Crippen LogP contribution in [0.5, 0.6) is 0 Å². The van der Waals surface area contributed by atoms with E-state index in [0.29, 0.717) is 0 Å². The fraction of sp³-hybridized carbons (Fsp3) is 0. The Morgan fingerprint density at radius 3 is 1.45 bits per heavy atom. The Bertz CT molecular complexity index is 2780. The van der Waals surface area contributed by atoms with Gasteiger partial charge in [-0.25, -0.2) is 0 Å². The zero-order valence-corrected chi connectivity index (χ0v) is 26.4. The van der Waals surface area contributed by atoms with Crippen LogP contribution in [-0.4, -0.2) is 0 Å². The molecule has 47 heavy (non-hydrogen) atoms. The highest BCUT2D eigenvalue weighted by Crippen LogP contribution is 2.45. The maximum atomic E-state index is 2.37. The molecule has 0 amide bonds. The quantitative estimate of drug-likeness (QED) is 0.138. The maximum Gasteiger partial charge on any atom is 0.0361 e. The minimum absolute atomic E-state index is 1.24. The van der Waals surface area contributed by atoms with Crippen LogP contribution in [0, 0.1) is 0 Å². The molecule has 0 fully saturated rings. The van der Waals surface area contributed by atoms with E-state index in [2.05, 4.69) is 170 Å². The highest BCUT2D eigenvalue weighted by molar-refractivity contribution is 7.25. The van der Waals surface area contributed by atoms with Crippen LogP contribution in [0.4, 0.5) is 0 Å². The molecule has 0 bridgehead atoms. The summed E-state index contributed by atoms with van der Waals surface area (Å²) >= 11 is 1.87. The van der Waals surface area contributed by atoms with Crippen molar-refractivity contribution in [1.29, 1.82) is 0 Å². The Labute approximate surface area is 276 Å². The van der Waals surface area contributed by atoms with Gasteiger partial charge in [0.25, 0.3) is 0 Å². The monoisotopic (exact) mass is 612 g/mol. The zero-order chi connectivity index (χ0) is 30.9. The summed E-state index contributed by atoms with van der Waals surface area (Å²) in [7, 11) is 0. The van der Waals surface area contributed by atoms with Crippen molar-refractivity contribution >= 4 is 74.6 Å². The first kappa shape index (κ1) is 26.5. The van der Waals surface area contributed by atoms with E-state index in [4.69, 9.17) is 0 Å². The van der Waals surface area contributed by atoms with Crippen molar-refractivity contribution in [2.24, 2.45) is 0 Å². The van der Waals surface area contributed by atoms with E-state index < -0.39 is 0 Å². The van der Waals surface area contributed by atoms with Crippen molar-refractivity contribution in [2.75, 3.05) is 0 Å². The minimum atomic E-state index is 1.24. The average molecular weight is 613 g/mol. The predicted molar refractivity (Wildman–Crippen MR) is 206 cm³/mol. The summed E-state index contributed by atoms with van der Waals surface area (Å²) in [6.45, 7) is 0. The van der Waals surface area contributed by atoms with Gasteiger partial charge in [-0.3, -0.25) is 0 Å². The van der Waals surface area contributed by atoms with Crippen LogP contribution < -0.4 is 0 Å². The molecule has 0 aliphatic carbocycles. The second kappa shape index (κ2) is 10.4. The van der Waals surface area contributed by atoms with Gasteiger partial charge < -0.3 is 0 Å². The second-order valence-corrected chi connectivity index (χ2v) is 13.5. The van der Waals surface area contributed by atoms with E-state index in [1.165, 1.54) is 96.6 Å². The van der Waals surface area contributed by atoms with Crippen LogP contribution in [0.15, 0.2) is 170 Å². The number of hydrogen-bond acceptors (Lipinski definition) is 1. The lowest BCUT2D eigenvalue weighted by Crippen LogP contribution is -1.91. The Morgan fingerprint density at radius 2 is 0.723 bits per heavy atom. The first-order valence-corrected chi connectivity index (χ1v) is 17.0. The fourth-order valence-electron chi connectivity index (χ4n) is 7.65.